The quantitative estimate of drug-likeness (QED) is 0.860. The van der Waals surface area contributed by atoms with Gasteiger partial charge >= 0.3 is 0 Å². The van der Waals surface area contributed by atoms with Gasteiger partial charge in [0, 0.05) is 31.1 Å². The van der Waals surface area contributed by atoms with E-state index in [4.69, 9.17) is 0 Å². The van der Waals surface area contributed by atoms with Gasteiger partial charge in [-0.15, -0.1) is 0 Å². The number of hydrogen-bond donors (Lipinski definition) is 1. The van der Waals surface area contributed by atoms with Crippen molar-refractivity contribution in [3.05, 3.63) is 0 Å². The standard InChI is InChI=1S/C17H30N2O/c1-2-16-6-4-3-5-9-19(16)17(20)12-13-10-14-7-8-15(11-13)18-14/h13-16,18H,2-12H2,1H3. The van der Waals surface area contributed by atoms with E-state index in [0.717, 1.165) is 19.4 Å². The molecule has 3 nitrogen and oxygen atoms in total. The molecule has 3 fully saturated rings. The molecule has 3 heteroatoms. The predicted molar refractivity (Wildman–Crippen MR) is 81.5 cm³/mol. The third-order valence-corrected chi connectivity index (χ3v) is 5.70. The second kappa shape index (κ2) is 6.46. The van der Waals surface area contributed by atoms with Crippen LogP contribution in [0, 0.1) is 5.92 Å². The van der Waals surface area contributed by atoms with Gasteiger partial charge in [0.15, 0.2) is 0 Å². The Labute approximate surface area is 123 Å². The van der Waals surface area contributed by atoms with E-state index < -0.39 is 0 Å². The van der Waals surface area contributed by atoms with Gasteiger partial charge in [0.25, 0.3) is 0 Å². The Hall–Kier alpha value is -0.570. The second-order valence-corrected chi connectivity index (χ2v) is 7.18. The topological polar surface area (TPSA) is 32.3 Å². The summed E-state index contributed by atoms with van der Waals surface area (Å²) in [6.07, 6.45) is 12.1. The second-order valence-electron chi connectivity index (χ2n) is 7.18. The molecule has 2 bridgehead atoms. The number of piperidine rings is 1. The molecule has 3 rings (SSSR count). The molecule has 0 spiro atoms. The first-order valence-corrected chi connectivity index (χ1v) is 8.81. The van der Waals surface area contributed by atoms with Crippen molar-refractivity contribution in [3.8, 4) is 0 Å². The van der Waals surface area contributed by atoms with Crippen molar-refractivity contribution in [3.63, 3.8) is 0 Å². The van der Waals surface area contributed by atoms with Crippen molar-refractivity contribution in [2.45, 2.75) is 89.3 Å². The summed E-state index contributed by atoms with van der Waals surface area (Å²) in [5, 5.41) is 3.68. The number of carbonyl (C=O) groups excluding carboxylic acids is 1. The van der Waals surface area contributed by atoms with E-state index in [9.17, 15) is 4.79 Å². The van der Waals surface area contributed by atoms with E-state index in [0.29, 0.717) is 30.0 Å². The SMILES string of the molecule is CCC1CCCCCN1C(=O)CC1CC2CCC(C1)N2. The van der Waals surface area contributed by atoms with Gasteiger partial charge in [-0.1, -0.05) is 19.8 Å². The monoisotopic (exact) mass is 278 g/mol. The zero-order valence-electron chi connectivity index (χ0n) is 12.9. The Bertz CT molecular complexity index is 332. The first kappa shape index (κ1) is 14.4. The summed E-state index contributed by atoms with van der Waals surface area (Å²) in [6, 6.07) is 1.93. The molecule has 0 radical (unpaired) electrons. The first-order valence-electron chi connectivity index (χ1n) is 8.81. The Morgan fingerprint density at radius 1 is 1.10 bits per heavy atom. The van der Waals surface area contributed by atoms with Gasteiger partial charge < -0.3 is 10.2 Å². The van der Waals surface area contributed by atoms with Crippen LogP contribution in [0.15, 0.2) is 0 Å². The number of carbonyl (C=O) groups is 1. The lowest BCUT2D eigenvalue weighted by Crippen LogP contribution is -2.43. The van der Waals surface area contributed by atoms with Crippen LogP contribution in [0.3, 0.4) is 0 Å². The maximum Gasteiger partial charge on any atom is 0.223 e. The van der Waals surface area contributed by atoms with Crippen molar-refractivity contribution in [1.82, 2.24) is 10.2 Å². The molecule has 114 valence electrons. The van der Waals surface area contributed by atoms with Gasteiger partial charge in [0.2, 0.25) is 5.91 Å². The molecule has 0 aromatic carbocycles. The lowest BCUT2D eigenvalue weighted by molar-refractivity contribution is -0.134. The molecule has 20 heavy (non-hydrogen) atoms. The minimum absolute atomic E-state index is 0.449. The van der Waals surface area contributed by atoms with Gasteiger partial charge in [0.1, 0.15) is 0 Å². The average molecular weight is 278 g/mol. The lowest BCUT2D eigenvalue weighted by Gasteiger charge is -2.33. The molecule has 3 unspecified atom stereocenters. The normalized spacial score (nSPS) is 37.8. The number of amides is 1. The molecular weight excluding hydrogens is 248 g/mol. The third-order valence-electron chi connectivity index (χ3n) is 5.70. The fraction of sp³-hybridized carbons (Fsp3) is 0.941. The fourth-order valence-electron chi connectivity index (χ4n) is 4.64. The molecule has 3 aliphatic rings. The van der Waals surface area contributed by atoms with Crippen LogP contribution < -0.4 is 5.32 Å². The van der Waals surface area contributed by atoms with Crippen molar-refractivity contribution in [2.75, 3.05) is 6.54 Å². The van der Waals surface area contributed by atoms with E-state index in [2.05, 4.69) is 17.1 Å². The molecule has 0 aromatic rings. The van der Waals surface area contributed by atoms with Gasteiger partial charge in [-0.05, 0) is 50.9 Å². The van der Waals surface area contributed by atoms with Crippen LogP contribution in [0.1, 0.15) is 71.1 Å². The number of fused-ring (bicyclic) bond motifs is 2. The molecule has 0 aromatic heterocycles. The van der Waals surface area contributed by atoms with Crippen LogP contribution >= 0.6 is 0 Å². The molecule has 1 N–H and O–H groups in total. The molecule has 3 heterocycles. The van der Waals surface area contributed by atoms with Gasteiger partial charge in [-0.2, -0.15) is 0 Å². The Balaban J connectivity index is 1.57. The van der Waals surface area contributed by atoms with Crippen molar-refractivity contribution in [2.24, 2.45) is 5.92 Å². The zero-order valence-corrected chi connectivity index (χ0v) is 12.9. The van der Waals surface area contributed by atoms with E-state index in [1.807, 2.05) is 0 Å². The number of nitrogens with zero attached hydrogens (tertiary/aromatic N) is 1. The summed E-state index contributed by atoms with van der Waals surface area (Å²) in [4.78, 5) is 15.0. The highest BCUT2D eigenvalue weighted by Crippen LogP contribution is 2.33. The van der Waals surface area contributed by atoms with Gasteiger partial charge in [-0.25, -0.2) is 0 Å². The fourth-order valence-corrected chi connectivity index (χ4v) is 4.64. The summed E-state index contributed by atoms with van der Waals surface area (Å²) >= 11 is 0. The van der Waals surface area contributed by atoms with Crippen LogP contribution in [0.5, 0.6) is 0 Å². The molecular formula is C17H30N2O. The molecule has 3 saturated heterocycles. The number of likely N-dealkylation sites (tertiary alicyclic amines) is 1. The largest absolute Gasteiger partial charge is 0.340 e. The number of nitrogens with one attached hydrogen (secondary N) is 1. The summed E-state index contributed by atoms with van der Waals surface area (Å²) < 4.78 is 0. The summed E-state index contributed by atoms with van der Waals surface area (Å²) in [5.41, 5.74) is 0. The Morgan fingerprint density at radius 3 is 2.55 bits per heavy atom. The van der Waals surface area contributed by atoms with E-state index in [1.54, 1.807) is 0 Å². The zero-order chi connectivity index (χ0) is 13.9. The summed E-state index contributed by atoms with van der Waals surface area (Å²) in [6.45, 7) is 3.25. The molecule has 3 aliphatic heterocycles. The summed E-state index contributed by atoms with van der Waals surface area (Å²) in [5.74, 6) is 1.09. The summed E-state index contributed by atoms with van der Waals surface area (Å²) in [7, 11) is 0. The third kappa shape index (κ3) is 3.19. The Kier molecular flexibility index (Phi) is 4.65. The molecule has 0 saturated carbocycles. The van der Waals surface area contributed by atoms with E-state index >= 15 is 0 Å². The van der Waals surface area contributed by atoms with Crippen LogP contribution in [-0.2, 0) is 4.79 Å². The lowest BCUT2D eigenvalue weighted by atomic mass is 9.89. The van der Waals surface area contributed by atoms with Crippen molar-refractivity contribution in [1.29, 1.82) is 0 Å². The first-order chi connectivity index (χ1) is 9.76. The number of rotatable bonds is 3. The molecule has 0 aliphatic carbocycles. The van der Waals surface area contributed by atoms with E-state index in [-0.39, 0.29) is 0 Å². The van der Waals surface area contributed by atoms with Gasteiger partial charge in [0.05, 0.1) is 0 Å². The van der Waals surface area contributed by atoms with Crippen LogP contribution in [0.4, 0.5) is 0 Å². The maximum atomic E-state index is 12.7. The van der Waals surface area contributed by atoms with Crippen LogP contribution in [0.25, 0.3) is 0 Å². The van der Waals surface area contributed by atoms with E-state index in [1.165, 1.54) is 51.4 Å². The Morgan fingerprint density at radius 2 is 1.85 bits per heavy atom. The molecule has 3 atom stereocenters. The highest BCUT2D eigenvalue weighted by Gasteiger charge is 2.35. The van der Waals surface area contributed by atoms with Gasteiger partial charge in [-0.3, -0.25) is 4.79 Å². The minimum atomic E-state index is 0.449. The predicted octanol–water partition coefficient (Wildman–Crippen LogP) is 3.09. The highest BCUT2D eigenvalue weighted by molar-refractivity contribution is 5.76. The van der Waals surface area contributed by atoms with Crippen molar-refractivity contribution >= 4 is 5.91 Å². The smallest absolute Gasteiger partial charge is 0.223 e. The highest BCUT2D eigenvalue weighted by atomic mass is 16.2. The van der Waals surface area contributed by atoms with Crippen molar-refractivity contribution < 1.29 is 4.79 Å². The maximum absolute atomic E-state index is 12.7. The van der Waals surface area contributed by atoms with Crippen LogP contribution in [-0.4, -0.2) is 35.5 Å². The van der Waals surface area contributed by atoms with Crippen LogP contribution in [0.2, 0.25) is 0 Å². The number of hydrogen-bond acceptors (Lipinski definition) is 2. The molecule has 1 amide bonds. The average Bonchev–Trinajstić information content (AvgIpc) is 2.67. The minimum Gasteiger partial charge on any atom is -0.340 e.